The highest BCUT2D eigenvalue weighted by molar-refractivity contribution is 5.87. The Morgan fingerprint density at radius 1 is 1.21 bits per heavy atom. The summed E-state index contributed by atoms with van der Waals surface area (Å²) in [5.74, 6) is 0. The van der Waals surface area contributed by atoms with E-state index in [1.165, 1.54) is 41.3 Å². The van der Waals surface area contributed by atoms with Gasteiger partial charge in [0.25, 0.3) is 0 Å². The van der Waals surface area contributed by atoms with Crippen LogP contribution in [0.25, 0.3) is 16.5 Å². The van der Waals surface area contributed by atoms with E-state index in [2.05, 4.69) is 71.2 Å². The highest BCUT2D eigenvalue weighted by Gasteiger charge is 2.50. The van der Waals surface area contributed by atoms with Crippen molar-refractivity contribution in [2.45, 2.75) is 63.6 Å². The SMILES string of the molecule is Cc1ccc2c(c1)c1c3n2CCC=C(c2ccn(C)c2)CC32CCCC2NC1. The molecule has 1 N–H and O–H groups in total. The summed E-state index contributed by atoms with van der Waals surface area (Å²) < 4.78 is 4.88. The van der Waals surface area contributed by atoms with E-state index in [-0.39, 0.29) is 5.41 Å². The molecule has 2 atom stereocenters. The molecule has 1 aromatic carbocycles. The van der Waals surface area contributed by atoms with Gasteiger partial charge in [0.1, 0.15) is 0 Å². The lowest BCUT2D eigenvalue weighted by atomic mass is 9.69. The molecule has 3 heteroatoms. The van der Waals surface area contributed by atoms with Crippen molar-refractivity contribution in [3.8, 4) is 0 Å². The lowest BCUT2D eigenvalue weighted by Crippen LogP contribution is -2.50. The number of allylic oxidation sites excluding steroid dienone is 2. The van der Waals surface area contributed by atoms with Crippen LogP contribution in [0.5, 0.6) is 0 Å². The largest absolute Gasteiger partial charge is 0.357 e. The topological polar surface area (TPSA) is 21.9 Å². The summed E-state index contributed by atoms with van der Waals surface area (Å²) in [7, 11) is 2.13. The Bertz CT molecular complexity index is 1110. The maximum atomic E-state index is 3.97. The standard InChI is InChI=1S/C25H29N3/c1-17-7-8-22-20(13-17)21-15-26-23-6-3-10-25(23)14-18(19-9-12-27(2)16-19)5-4-11-28(22)24(21)25/h5,7-9,12-13,16,23,26H,3-4,6,10-11,14-15H2,1-2H3. The summed E-state index contributed by atoms with van der Waals surface area (Å²) in [5.41, 5.74) is 9.25. The minimum Gasteiger partial charge on any atom is -0.357 e. The zero-order chi connectivity index (χ0) is 18.9. The van der Waals surface area contributed by atoms with Crippen LogP contribution in [0.2, 0.25) is 0 Å². The summed E-state index contributed by atoms with van der Waals surface area (Å²) >= 11 is 0. The van der Waals surface area contributed by atoms with Crippen molar-refractivity contribution in [1.82, 2.24) is 14.5 Å². The molecule has 0 radical (unpaired) electrons. The minimum absolute atomic E-state index is 0.239. The average molecular weight is 372 g/mol. The van der Waals surface area contributed by atoms with E-state index in [0.717, 1.165) is 25.9 Å². The monoisotopic (exact) mass is 371 g/mol. The first kappa shape index (κ1) is 16.7. The second-order valence-electron chi connectivity index (χ2n) is 9.24. The predicted octanol–water partition coefficient (Wildman–Crippen LogP) is 5.06. The summed E-state index contributed by atoms with van der Waals surface area (Å²) in [5, 5.41) is 5.45. The zero-order valence-corrected chi connectivity index (χ0v) is 17.0. The van der Waals surface area contributed by atoms with Crippen LogP contribution in [-0.4, -0.2) is 15.2 Å². The minimum atomic E-state index is 0.239. The van der Waals surface area contributed by atoms with Crippen LogP contribution in [-0.2, 0) is 25.6 Å². The van der Waals surface area contributed by atoms with Gasteiger partial charge in [-0.15, -0.1) is 0 Å². The average Bonchev–Trinajstić information content (AvgIpc) is 3.35. The smallest absolute Gasteiger partial charge is 0.0486 e. The fourth-order valence-electron chi connectivity index (χ4n) is 6.39. The summed E-state index contributed by atoms with van der Waals surface area (Å²) in [6.45, 7) is 4.35. The van der Waals surface area contributed by atoms with Gasteiger partial charge in [0.15, 0.2) is 0 Å². The van der Waals surface area contributed by atoms with Gasteiger partial charge in [-0.3, -0.25) is 0 Å². The van der Waals surface area contributed by atoms with Gasteiger partial charge in [0, 0.05) is 60.6 Å². The normalized spacial score (nSPS) is 26.5. The fraction of sp³-hybridized carbons (Fsp3) is 0.440. The van der Waals surface area contributed by atoms with E-state index in [1.54, 1.807) is 16.8 Å². The first-order valence-electron chi connectivity index (χ1n) is 10.8. The Morgan fingerprint density at radius 3 is 3.00 bits per heavy atom. The first-order chi connectivity index (χ1) is 13.7. The Balaban J connectivity index is 1.60. The quantitative estimate of drug-likeness (QED) is 0.634. The molecule has 0 amide bonds. The van der Waals surface area contributed by atoms with E-state index in [9.17, 15) is 0 Å². The molecule has 1 spiro atoms. The molecule has 6 rings (SSSR count). The number of hydrogen-bond donors (Lipinski definition) is 1. The fourth-order valence-corrected chi connectivity index (χ4v) is 6.39. The molecule has 3 nitrogen and oxygen atoms in total. The number of hydrogen-bond acceptors (Lipinski definition) is 1. The summed E-state index contributed by atoms with van der Waals surface area (Å²) in [6, 6.07) is 9.97. The van der Waals surface area contributed by atoms with Gasteiger partial charge in [-0.1, -0.05) is 24.1 Å². The molecule has 1 saturated carbocycles. The van der Waals surface area contributed by atoms with E-state index in [0.29, 0.717) is 6.04 Å². The molecule has 3 aromatic rings. The van der Waals surface area contributed by atoms with Crippen LogP contribution in [0, 0.1) is 6.92 Å². The molecule has 0 bridgehead atoms. The molecule has 144 valence electrons. The molecular weight excluding hydrogens is 342 g/mol. The van der Waals surface area contributed by atoms with E-state index < -0.39 is 0 Å². The summed E-state index contributed by atoms with van der Waals surface area (Å²) in [6.07, 6.45) is 13.2. The van der Waals surface area contributed by atoms with Crippen molar-refractivity contribution in [2.24, 2.45) is 7.05 Å². The third-order valence-electron chi connectivity index (χ3n) is 7.56. The third kappa shape index (κ3) is 2.20. The van der Waals surface area contributed by atoms with Gasteiger partial charge in [-0.2, -0.15) is 0 Å². The second kappa shape index (κ2) is 5.87. The van der Waals surface area contributed by atoms with Gasteiger partial charge in [0.05, 0.1) is 0 Å². The van der Waals surface area contributed by atoms with Gasteiger partial charge in [-0.05, 0) is 67.5 Å². The molecule has 2 unspecified atom stereocenters. The summed E-state index contributed by atoms with van der Waals surface area (Å²) in [4.78, 5) is 0. The number of fused-ring (bicyclic) bond motifs is 3. The number of aromatic nitrogens is 2. The molecule has 28 heavy (non-hydrogen) atoms. The second-order valence-corrected chi connectivity index (χ2v) is 9.24. The van der Waals surface area contributed by atoms with Crippen LogP contribution >= 0.6 is 0 Å². The predicted molar refractivity (Wildman–Crippen MR) is 115 cm³/mol. The van der Waals surface area contributed by atoms with E-state index in [4.69, 9.17) is 0 Å². The number of benzene rings is 1. The maximum absolute atomic E-state index is 3.97. The molecule has 4 heterocycles. The van der Waals surface area contributed by atoms with Crippen LogP contribution in [0.4, 0.5) is 0 Å². The van der Waals surface area contributed by atoms with Crippen molar-refractivity contribution in [2.75, 3.05) is 0 Å². The number of aryl methyl sites for hydroxylation is 3. The molecule has 2 aliphatic heterocycles. The Labute approximate surface area is 167 Å². The van der Waals surface area contributed by atoms with Gasteiger partial charge in [0.2, 0.25) is 0 Å². The lowest BCUT2D eigenvalue weighted by Gasteiger charge is -2.43. The van der Waals surface area contributed by atoms with Crippen LogP contribution in [0.15, 0.2) is 42.7 Å². The number of nitrogens with zero attached hydrogens (tertiary/aromatic N) is 2. The highest BCUT2D eigenvalue weighted by Crippen LogP contribution is 2.53. The van der Waals surface area contributed by atoms with Crippen LogP contribution in [0.1, 0.15) is 54.5 Å². The highest BCUT2D eigenvalue weighted by atomic mass is 15.1. The molecule has 1 aliphatic carbocycles. The van der Waals surface area contributed by atoms with Gasteiger partial charge in [-0.25, -0.2) is 0 Å². The van der Waals surface area contributed by atoms with Crippen LogP contribution in [0.3, 0.4) is 0 Å². The van der Waals surface area contributed by atoms with Crippen molar-refractivity contribution in [3.63, 3.8) is 0 Å². The van der Waals surface area contributed by atoms with Crippen molar-refractivity contribution >= 4 is 16.5 Å². The van der Waals surface area contributed by atoms with Crippen molar-refractivity contribution in [1.29, 1.82) is 0 Å². The van der Waals surface area contributed by atoms with Crippen molar-refractivity contribution in [3.05, 3.63) is 65.1 Å². The molecule has 2 aromatic heterocycles. The Kier molecular flexibility index (Phi) is 3.49. The Hall–Kier alpha value is -2.26. The number of rotatable bonds is 1. The van der Waals surface area contributed by atoms with Crippen LogP contribution < -0.4 is 5.32 Å². The van der Waals surface area contributed by atoms with E-state index in [1.807, 2.05) is 0 Å². The lowest BCUT2D eigenvalue weighted by molar-refractivity contribution is 0.293. The molecule has 0 saturated heterocycles. The van der Waals surface area contributed by atoms with Crippen molar-refractivity contribution < 1.29 is 0 Å². The maximum Gasteiger partial charge on any atom is 0.0486 e. The number of nitrogens with one attached hydrogen (secondary N) is 1. The molecular formula is C25H29N3. The van der Waals surface area contributed by atoms with E-state index >= 15 is 0 Å². The first-order valence-corrected chi connectivity index (χ1v) is 10.8. The Morgan fingerprint density at radius 2 is 2.14 bits per heavy atom. The third-order valence-corrected chi connectivity index (χ3v) is 7.56. The molecule has 1 fully saturated rings. The zero-order valence-electron chi connectivity index (χ0n) is 17.0. The van der Waals surface area contributed by atoms with Gasteiger partial charge < -0.3 is 14.5 Å². The van der Waals surface area contributed by atoms with Gasteiger partial charge >= 0.3 is 0 Å². The molecule has 3 aliphatic rings.